The highest BCUT2D eigenvalue weighted by atomic mass is 16.5. The van der Waals surface area contributed by atoms with Gasteiger partial charge in [0.1, 0.15) is 48.4 Å². The Morgan fingerprint density at radius 3 is 1.99 bits per heavy atom. The van der Waals surface area contributed by atoms with Crippen LogP contribution in [0.4, 0.5) is 0 Å². The van der Waals surface area contributed by atoms with Crippen LogP contribution >= 0.6 is 0 Å². The topological polar surface area (TPSA) is 226 Å². The number of benzene rings is 4. The van der Waals surface area contributed by atoms with Crippen molar-refractivity contribution < 1.29 is 38.2 Å². The van der Waals surface area contributed by atoms with Crippen molar-refractivity contribution in [3.05, 3.63) is 192 Å². The lowest BCUT2D eigenvalue weighted by molar-refractivity contribution is -0.143. The monoisotopic (exact) mass is 1090 g/mol. The van der Waals surface area contributed by atoms with Gasteiger partial charge in [-0.05, 0) is 115 Å². The molecule has 10 rings (SSSR count). The predicted octanol–water partition coefficient (Wildman–Crippen LogP) is 6.16. The van der Waals surface area contributed by atoms with E-state index >= 15 is 28.8 Å². The summed E-state index contributed by atoms with van der Waals surface area (Å²) in [5, 5.41) is 16.5. The minimum Gasteiger partial charge on any atom is -0.489 e. The van der Waals surface area contributed by atoms with Crippen molar-refractivity contribution in [3.63, 3.8) is 0 Å². The number of carbonyl (C=O) groups excluding carboxylic acids is 6. The third-order valence-corrected chi connectivity index (χ3v) is 15.7. The van der Waals surface area contributed by atoms with Crippen LogP contribution in [0.5, 0.6) is 11.5 Å². The molecule has 7 atom stereocenters. The summed E-state index contributed by atoms with van der Waals surface area (Å²) in [6.45, 7) is 1.80. The molecule has 3 fully saturated rings. The first kappa shape index (κ1) is 55.6. The number of nitrogens with zero attached hydrogens (tertiary/aromatic N) is 3. The van der Waals surface area contributed by atoms with Gasteiger partial charge < -0.3 is 45.9 Å². The molecule has 0 spiro atoms. The summed E-state index contributed by atoms with van der Waals surface area (Å²) >= 11 is 0. The number of carbonyl (C=O) groups is 6. The first-order valence-corrected chi connectivity index (χ1v) is 28.1. The Morgan fingerprint density at radius 1 is 0.568 bits per heavy atom. The molecule has 0 saturated carbocycles. The number of ether oxygens (including phenoxy) is 2. The van der Waals surface area contributed by atoms with Gasteiger partial charge in [-0.3, -0.25) is 38.7 Å². The van der Waals surface area contributed by atoms with E-state index in [0.29, 0.717) is 42.1 Å². The normalized spacial score (nSPS) is 22.6. The molecule has 81 heavy (non-hydrogen) atoms. The Bertz CT molecular complexity index is 3230. The number of hydrogen-bond acceptors (Lipinski definition) is 11. The number of rotatable bonds is 16. The maximum Gasteiger partial charge on any atom is 0.246 e. The first-order chi connectivity index (χ1) is 39.6. The number of ketones is 1. The summed E-state index contributed by atoms with van der Waals surface area (Å²) in [5.74, 6) is -3.01. The standard InChI is InChI=1S/C64H69N9O8/c74-59-36-47(32-44-23-28-65-29-24-44)60(75)71-56(33-43-17-20-49(21-18-43)80-41-45-12-5-2-6-13-45)62(77)72-57(34-46-14-9-27-67-38-46)64(79)73-40-51(81-50-25-30-66-31-26-50)37-58(73)63(78)69-54(22-19-42-10-3-1-4-11-42)61(76)70-55(59)35-48-39-68-53-16-8-7-15-52(48)53/h1-18,20-21,25-27,30-31,38-39,44,47,51,54-58,65,68H,19,22-24,28-29,32-37,40-41H2,(H,69,78)(H,70,76)(H,71,75)(H,72,77)/t47-,51-,54+,55-,56+,57+,58+/m1/s1. The number of amides is 5. The van der Waals surface area contributed by atoms with Crippen molar-refractivity contribution in [2.45, 2.75) is 107 Å². The Morgan fingerprint density at radius 2 is 1.23 bits per heavy atom. The summed E-state index contributed by atoms with van der Waals surface area (Å²) in [6, 6.07) is 35.3. The van der Waals surface area contributed by atoms with Crippen molar-refractivity contribution in [2.24, 2.45) is 11.8 Å². The fourth-order valence-corrected chi connectivity index (χ4v) is 11.3. The molecule has 0 bridgehead atoms. The lowest BCUT2D eigenvalue weighted by Gasteiger charge is -2.32. The van der Waals surface area contributed by atoms with Crippen LogP contribution in [0.15, 0.2) is 164 Å². The number of hydrogen-bond donors (Lipinski definition) is 6. The number of nitrogens with one attached hydrogen (secondary N) is 6. The number of Topliss-reactive ketones (excluding diaryl/α,β-unsaturated/α-hetero) is 1. The minimum absolute atomic E-state index is 0.0125. The van der Waals surface area contributed by atoms with Crippen LogP contribution in [0.1, 0.15) is 66.3 Å². The van der Waals surface area contributed by atoms with Crippen molar-refractivity contribution in [1.82, 2.24) is 46.4 Å². The van der Waals surface area contributed by atoms with Crippen LogP contribution in [-0.4, -0.2) is 111 Å². The van der Waals surface area contributed by atoms with Crippen LogP contribution in [0.3, 0.4) is 0 Å². The smallest absolute Gasteiger partial charge is 0.246 e. The zero-order valence-corrected chi connectivity index (χ0v) is 45.2. The fourth-order valence-electron chi connectivity index (χ4n) is 11.3. The number of H-pyrrole nitrogens is 1. The highest BCUT2D eigenvalue weighted by molar-refractivity contribution is 5.99. The Hall–Kier alpha value is -8.70. The number of para-hydroxylation sites is 1. The lowest BCUT2D eigenvalue weighted by Crippen LogP contribution is -2.60. The molecule has 3 aliphatic heterocycles. The molecular weight excluding hydrogens is 1020 g/mol. The molecule has 17 heteroatoms. The van der Waals surface area contributed by atoms with E-state index in [1.165, 1.54) is 4.90 Å². The third-order valence-electron chi connectivity index (χ3n) is 15.7. The van der Waals surface area contributed by atoms with Crippen molar-refractivity contribution in [3.8, 4) is 11.5 Å². The summed E-state index contributed by atoms with van der Waals surface area (Å²) in [5.41, 5.74) is 4.89. The molecule has 3 saturated heterocycles. The van der Waals surface area contributed by atoms with E-state index in [0.717, 1.165) is 53.5 Å². The van der Waals surface area contributed by atoms with E-state index < -0.39 is 71.8 Å². The molecule has 0 unspecified atom stereocenters. The second-order valence-electron chi connectivity index (χ2n) is 21.5. The average molecular weight is 1090 g/mol. The van der Waals surface area contributed by atoms with E-state index in [4.69, 9.17) is 9.47 Å². The van der Waals surface area contributed by atoms with Gasteiger partial charge in [-0.15, -0.1) is 0 Å². The molecule has 17 nitrogen and oxygen atoms in total. The van der Waals surface area contributed by atoms with Gasteiger partial charge in [0.25, 0.3) is 0 Å². The number of piperidine rings is 1. The predicted molar refractivity (Wildman–Crippen MR) is 305 cm³/mol. The zero-order chi connectivity index (χ0) is 55.9. The largest absolute Gasteiger partial charge is 0.489 e. The number of aromatic amines is 1. The Balaban J connectivity index is 1.03. The molecule has 5 amide bonds. The van der Waals surface area contributed by atoms with Gasteiger partial charge in [0, 0.05) is 79.9 Å². The van der Waals surface area contributed by atoms with Crippen LogP contribution < -0.4 is 36.1 Å². The van der Waals surface area contributed by atoms with E-state index in [-0.39, 0.29) is 56.8 Å². The molecule has 0 radical (unpaired) electrons. The molecular formula is C64H69N9O8. The van der Waals surface area contributed by atoms with Gasteiger partial charge in [0.05, 0.1) is 12.6 Å². The van der Waals surface area contributed by atoms with E-state index in [9.17, 15) is 0 Å². The lowest BCUT2D eigenvalue weighted by atomic mass is 9.83. The molecule has 3 aromatic heterocycles. The van der Waals surface area contributed by atoms with Crippen molar-refractivity contribution >= 4 is 46.2 Å². The number of pyridine rings is 2. The maximum atomic E-state index is 15.5. The number of aromatic nitrogens is 3. The van der Waals surface area contributed by atoms with Gasteiger partial charge >= 0.3 is 0 Å². The van der Waals surface area contributed by atoms with E-state index in [2.05, 4.69) is 41.5 Å². The highest BCUT2D eigenvalue weighted by Crippen LogP contribution is 2.29. The van der Waals surface area contributed by atoms with Gasteiger partial charge in [-0.1, -0.05) is 97.1 Å². The molecule has 418 valence electrons. The first-order valence-electron chi connectivity index (χ1n) is 28.1. The maximum absolute atomic E-state index is 15.5. The van der Waals surface area contributed by atoms with Gasteiger partial charge in [-0.2, -0.15) is 0 Å². The molecule has 7 aromatic rings. The number of aryl methyl sites for hydroxylation is 1. The van der Waals surface area contributed by atoms with Gasteiger partial charge in [0.15, 0.2) is 5.78 Å². The fraction of sp³-hybridized carbons (Fsp3) is 0.344. The molecule has 0 aliphatic carbocycles. The summed E-state index contributed by atoms with van der Waals surface area (Å²) in [7, 11) is 0. The van der Waals surface area contributed by atoms with Crippen LogP contribution in [-0.2, 0) is 61.1 Å². The van der Waals surface area contributed by atoms with Gasteiger partial charge in [-0.25, -0.2) is 0 Å². The van der Waals surface area contributed by atoms with E-state index in [1.807, 2.05) is 115 Å². The zero-order valence-electron chi connectivity index (χ0n) is 45.2. The van der Waals surface area contributed by atoms with Crippen LogP contribution in [0, 0.1) is 11.8 Å². The van der Waals surface area contributed by atoms with Crippen molar-refractivity contribution in [2.75, 3.05) is 19.6 Å². The van der Waals surface area contributed by atoms with Crippen LogP contribution in [0.25, 0.3) is 10.9 Å². The summed E-state index contributed by atoms with van der Waals surface area (Å²) in [4.78, 5) is 105. The Labute approximate surface area is 471 Å². The van der Waals surface area contributed by atoms with E-state index in [1.54, 1.807) is 49.1 Å². The quantitative estimate of drug-likeness (QED) is 0.0643. The third kappa shape index (κ3) is 15.0. The van der Waals surface area contributed by atoms with Crippen LogP contribution in [0.2, 0.25) is 0 Å². The van der Waals surface area contributed by atoms with Crippen molar-refractivity contribution in [1.29, 1.82) is 0 Å². The molecule has 4 aromatic carbocycles. The molecule has 6 N–H and O–H groups in total. The summed E-state index contributed by atoms with van der Waals surface area (Å²) in [6.07, 6.45) is 9.87. The minimum atomic E-state index is -1.27. The summed E-state index contributed by atoms with van der Waals surface area (Å²) < 4.78 is 12.5. The molecule has 6 heterocycles. The second-order valence-corrected chi connectivity index (χ2v) is 21.5. The molecule has 3 aliphatic rings. The number of fused-ring (bicyclic) bond motifs is 2. The second kappa shape index (κ2) is 27.0. The van der Waals surface area contributed by atoms with Gasteiger partial charge in [0.2, 0.25) is 29.5 Å². The average Bonchev–Trinajstić information content (AvgIpc) is 4.13. The highest BCUT2D eigenvalue weighted by Gasteiger charge is 2.45. The Kier molecular flexibility index (Phi) is 18.5. The SMILES string of the molecule is O=C1N[C@@H](Cc2ccc(OCc3ccccc3)cc2)C(=O)N[C@@H](Cc2cccnc2)C(=O)N2C[C@H](Oc3ccncc3)C[C@H]2C(=O)N[C@@H](CCc2ccccc2)C(=O)N[C@H](Cc2c[nH]c3ccccc23)C(=O)C[C@H]1CC1CCNCC1.